The highest BCUT2D eigenvalue weighted by atomic mass is 16.3. The Hall–Kier alpha value is -2.47. The number of hydrogen-bond donors (Lipinski definition) is 1. The van der Waals surface area contributed by atoms with E-state index < -0.39 is 17.2 Å². The molecule has 0 amide bonds. The van der Waals surface area contributed by atoms with Gasteiger partial charge < -0.3 is 5.11 Å². The smallest absolute Gasteiger partial charge is 0.338 e. The number of aromatic nitrogens is 2. The van der Waals surface area contributed by atoms with Gasteiger partial charge in [0, 0.05) is 30.5 Å². The number of carbonyl (C=O) groups is 1. The van der Waals surface area contributed by atoms with Crippen LogP contribution in [0.2, 0.25) is 0 Å². The molecule has 1 heterocycles. The van der Waals surface area contributed by atoms with Gasteiger partial charge in [0.15, 0.2) is 0 Å². The van der Waals surface area contributed by atoms with E-state index >= 15 is 0 Å². The van der Waals surface area contributed by atoms with Gasteiger partial charge in [-0.05, 0) is 43.7 Å². The summed E-state index contributed by atoms with van der Waals surface area (Å²) in [6.07, 6.45) is 3.20. The van der Waals surface area contributed by atoms with Crippen LogP contribution in [0.1, 0.15) is 28.8 Å². The van der Waals surface area contributed by atoms with Crippen LogP contribution in [0.25, 0.3) is 0 Å². The average Bonchev–Trinajstić information content (AvgIpc) is 3.31. The van der Waals surface area contributed by atoms with E-state index in [0.717, 1.165) is 12.8 Å². The van der Waals surface area contributed by atoms with E-state index in [1.54, 1.807) is 37.3 Å². The van der Waals surface area contributed by atoms with Crippen molar-refractivity contribution in [3.8, 4) is 0 Å². The topological polar surface area (TPSA) is 81.3 Å². The van der Waals surface area contributed by atoms with Crippen molar-refractivity contribution in [1.29, 1.82) is 0 Å². The molecule has 0 aliphatic heterocycles. The van der Waals surface area contributed by atoms with E-state index in [4.69, 9.17) is 5.11 Å². The third-order valence-electron chi connectivity index (χ3n) is 4.55. The molecule has 6 heteroatoms. The quantitative estimate of drug-likeness (QED) is 0.889. The third-order valence-corrected chi connectivity index (χ3v) is 4.55. The maximum Gasteiger partial charge on any atom is 0.338 e. The first-order valence-electron chi connectivity index (χ1n) is 8.06. The number of nitrogens with zero attached hydrogens (tertiary/aromatic N) is 2. The summed E-state index contributed by atoms with van der Waals surface area (Å²) in [6, 6.07) is 8.31. The summed E-state index contributed by atoms with van der Waals surface area (Å²) < 4.78 is 2.16. The largest absolute Gasteiger partial charge is 0.396 e. The SMILES string of the molecule is Cc1cn(C[C@H]2C[C@@H]2CCO)c(=O)n(C(=O)c2ccccc2)c1=O. The molecule has 126 valence electrons. The molecule has 2 atom stereocenters. The van der Waals surface area contributed by atoms with Crippen LogP contribution in [0, 0.1) is 18.8 Å². The number of rotatable bonds is 5. The third kappa shape index (κ3) is 3.10. The summed E-state index contributed by atoms with van der Waals surface area (Å²) in [5, 5.41) is 8.98. The fraction of sp³-hybridized carbons (Fsp3) is 0.389. The van der Waals surface area contributed by atoms with Crippen molar-refractivity contribution in [2.45, 2.75) is 26.3 Å². The lowest BCUT2D eigenvalue weighted by Gasteiger charge is -2.11. The summed E-state index contributed by atoms with van der Waals surface area (Å²) in [4.78, 5) is 37.5. The number of aliphatic hydroxyl groups is 1. The fourth-order valence-electron chi connectivity index (χ4n) is 3.06. The van der Waals surface area contributed by atoms with Crippen LogP contribution >= 0.6 is 0 Å². The highest BCUT2D eigenvalue weighted by Gasteiger charge is 2.36. The van der Waals surface area contributed by atoms with Gasteiger partial charge in [-0.1, -0.05) is 18.2 Å². The molecule has 1 aromatic heterocycles. The molecule has 0 bridgehead atoms. The second-order valence-corrected chi connectivity index (χ2v) is 6.33. The summed E-state index contributed by atoms with van der Waals surface area (Å²) in [5.41, 5.74) is -0.515. The molecular weight excluding hydrogens is 308 g/mol. The average molecular weight is 328 g/mol. The molecule has 1 aromatic carbocycles. The first-order chi connectivity index (χ1) is 11.5. The van der Waals surface area contributed by atoms with Crippen LogP contribution in [-0.2, 0) is 6.54 Å². The van der Waals surface area contributed by atoms with E-state index in [2.05, 4.69) is 0 Å². The molecule has 3 rings (SSSR count). The minimum absolute atomic E-state index is 0.140. The zero-order valence-electron chi connectivity index (χ0n) is 13.5. The maximum absolute atomic E-state index is 12.6. The van der Waals surface area contributed by atoms with E-state index in [9.17, 15) is 14.4 Å². The first-order valence-corrected chi connectivity index (χ1v) is 8.06. The zero-order chi connectivity index (χ0) is 17.3. The monoisotopic (exact) mass is 328 g/mol. The van der Waals surface area contributed by atoms with Crippen LogP contribution in [0.3, 0.4) is 0 Å². The molecule has 2 aromatic rings. The Morgan fingerprint density at radius 3 is 2.58 bits per heavy atom. The van der Waals surface area contributed by atoms with Crippen LogP contribution < -0.4 is 11.2 Å². The van der Waals surface area contributed by atoms with E-state index in [0.29, 0.717) is 34.1 Å². The number of hydrogen-bond acceptors (Lipinski definition) is 4. The van der Waals surface area contributed by atoms with Crippen molar-refractivity contribution in [3.63, 3.8) is 0 Å². The Morgan fingerprint density at radius 1 is 1.21 bits per heavy atom. The van der Waals surface area contributed by atoms with Gasteiger partial charge in [-0.3, -0.25) is 14.2 Å². The van der Waals surface area contributed by atoms with Crippen molar-refractivity contribution in [1.82, 2.24) is 9.13 Å². The molecule has 0 spiro atoms. The van der Waals surface area contributed by atoms with Crippen LogP contribution in [0.15, 0.2) is 46.1 Å². The number of benzene rings is 1. The zero-order valence-corrected chi connectivity index (χ0v) is 13.5. The molecule has 6 nitrogen and oxygen atoms in total. The Bertz CT molecular complexity index is 867. The van der Waals surface area contributed by atoms with Crippen LogP contribution in [0.5, 0.6) is 0 Å². The molecule has 0 radical (unpaired) electrons. The minimum atomic E-state index is -0.606. The molecule has 1 aliphatic carbocycles. The van der Waals surface area contributed by atoms with Crippen molar-refractivity contribution in [2.75, 3.05) is 6.61 Å². The highest BCUT2D eigenvalue weighted by Crippen LogP contribution is 2.41. The first kappa shape index (κ1) is 16.4. The maximum atomic E-state index is 12.6. The lowest BCUT2D eigenvalue weighted by molar-refractivity contribution is 0.0948. The standard InChI is InChI=1S/C18H20N2O4/c1-12-10-19(11-15-9-14(15)7-8-21)18(24)20(16(12)22)17(23)13-5-3-2-4-6-13/h2-6,10,14-15,21H,7-9,11H2,1H3/t14-,15+/m0/s1. The van der Waals surface area contributed by atoms with Gasteiger partial charge in [-0.15, -0.1) is 0 Å². The predicted octanol–water partition coefficient (Wildman–Crippen LogP) is 1.03. The van der Waals surface area contributed by atoms with Crippen LogP contribution in [0.4, 0.5) is 0 Å². The molecule has 0 unspecified atom stereocenters. The van der Waals surface area contributed by atoms with Gasteiger partial charge in [0.1, 0.15) is 0 Å². The fourth-order valence-corrected chi connectivity index (χ4v) is 3.06. The molecule has 24 heavy (non-hydrogen) atoms. The van der Waals surface area contributed by atoms with E-state index in [1.807, 2.05) is 0 Å². The second-order valence-electron chi connectivity index (χ2n) is 6.33. The van der Waals surface area contributed by atoms with Crippen molar-refractivity contribution in [2.24, 2.45) is 11.8 Å². The van der Waals surface area contributed by atoms with Gasteiger partial charge in [0.25, 0.3) is 11.5 Å². The minimum Gasteiger partial charge on any atom is -0.396 e. The Balaban J connectivity index is 1.96. The predicted molar refractivity (Wildman–Crippen MR) is 89.2 cm³/mol. The normalized spacial score (nSPS) is 19.2. The van der Waals surface area contributed by atoms with E-state index in [-0.39, 0.29) is 6.61 Å². The van der Waals surface area contributed by atoms with Crippen LogP contribution in [-0.4, -0.2) is 26.8 Å². The molecular formula is C18H20N2O4. The molecule has 0 saturated heterocycles. The van der Waals surface area contributed by atoms with Crippen molar-refractivity contribution < 1.29 is 9.90 Å². The second kappa shape index (κ2) is 6.57. The van der Waals surface area contributed by atoms with Gasteiger partial charge in [-0.2, -0.15) is 4.57 Å². The lowest BCUT2D eigenvalue weighted by atomic mass is 10.2. The van der Waals surface area contributed by atoms with Crippen molar-refractivity contribution >= 4 is 5.91 Å². The molecule has 1 N–H and O–H groups in total. The van der Waals surface area contributed by atoms with Gasteiger partial charge in [0.05, 0.1) is 0 Å². The highest BCUT2D eigenvalue weighted by molar-refractivity contribution is 5.95. The summed E-state index contributed by atoms with van der Waals surface area (Å²) in [7, 11) is 0. The summed E-state index contributed by atoms with van der Waals surface area (Å²) in [6.45, 7) is 2.21. The van der Waals surface area contributed by atoms with Gasteiger partial charge >= 0.3 is 5.69 Å². The Morgan fingerprint density at radius 2 is 1.92 bits per heavy atom. The number of carbonyl (C=O) groups excluding carboxylic acids is 1. The molecule has 1 aliphatic rings. The summed E-state index contributed by atoms with van der Waals surface area (Å²) in [5.74, 6) is 0.116. The van der Waals surface area contributed by atoms with Gasteiger partial charge in [-0.25, -0.2) is 4.79 Å². The Kier molecular flexibility index (Phi) is 4.49. The Labute approximate surface area is 139 Å². The lowest BCUT2D eigenvalue weighted by Crippen LogP contribution is -2.44. The number of aliphatic hydroxyl groups excluding tert-OH is 1. The summed E-state index contributed by atoms with van der Waals surface area (Å²) >= 11 is 0. The molecule has 1 saturated carbocycles. The van der Waals surface area contributed by atoms with E-state index in [1.165, 1.54) is 10.8 Å². The van der Waals surface area contributed by atoms with Crippen molar-refractivity contribution in [3.05, 3.63) is 68.5 Å². The number of aryl methyl sites for hydroxylation is 1. The van der Waals surface area contributed by atoms with Gasteiger partial charge in [0.2, 0.25) is 0 Å². The molecule has 1 fully saturated rings.